The first-order valence-electron chi connectivity index (χ1n) is 18.1. The van der Waals surface area contributed by atoms with E-state index in [-0.39, 0.29) is 11.8 Å². The summed E-state index contributed by atoms with van der Waals surface area (Å²) in [6.45, 7) is 5.49. The maximum Gasteiger partial charge on any atom is 0.260 e. The largest absolute Gasteiger partial charge is 0.493 e. The van der Waals surface area contributed by atoms with Gasteiger partial charge >= 0.3 is 0 Å². The number of hydrogen-bond acceptors (Lipinski definition) is 10. The minimum Gasteiger partial charge on any atom is -0.493 e. The number of nitrogens with one attached hydrogen (secondary N) is 2. The van der Waals surface area contributed by atoms with Crippen molar-refractivity contribution in [2.45, 2.75) is 25.9 Å². The average molecular weight is 805 g/mol. The monoisotopic (exact) mass is 803 g/mol. The molecular formula is C40H38BrN9O5. The van der Waals surface area contributed by atoms with Crippen LogP contribution >= 0.6 is 15.9 Å². The third-order valence-electron chi connectivity index (χ3n) is 9.24. The smallest absolute Gasteiger partial charge is 0.260 e. The van der Waals surface area contributed by atoms with Crippen LogP contribution in [0, 0.1) is 0 Å². The molecule has 280 valence electrons. The fourth-order valence-corrected chi connectivity index (χ4v) is 6.91. The number of rotatable bonds is 1. The molecule has 9 rings (SSSR count). The summed E-state index contributed by atoms with van der Waals surface area (Å²) in [5.74, 6) is 3.13. The quantitative estimate of drug-likeness (QED) is 0.187. The molecule has 2 aromatic carbocycles. The first-order chi connectivity index (χ1) is 27.0. The highest BCUT2D eigenvalue weighted by molar-refractivity contribution is 9.10. The Kier molecular flexibility index (Phi) is 10.8. The Labute approximate surface area is 325 Å². The first kappa shape index (κ1) is 35.9. The molecule has 1 saturated heterocycles. The molecule has 55 heavy (non-hydrogen) atoms. The minimum absolute atomic E-state index is 0.243. The molecule has 3 aliphatic rings. The van der Waals surface area contributed by atoms with Crippen LogP contribution in [0.3, 0.4) is 0 Å². The summed E-state index contributed by atoms with van der Waals surface area (Å²) in [6.07, 6.45) is 8.95. The van der Waals surface area contributed by atoms with Gasteiger partial charge in [-0.3, -0.25) is 9.59 Å². The predicted molar refractivity (Wildman–Crippen MR) is 211 cm³/mol. The van der Waals surface area contributed by atoms with Crippen molar-refractivity contribution in [2.24, 2.45) is 0 Å². The number of halogens is 1. The van der Waals surface area contributed by atoms with E-state index in [1.165, 1.54) is 0 Å². The van der Waals surface area contributed by atoms with E-state index in [0.29, 0.717) is 60.7 Å². The number of morpholine rings is 1. The number of carbonyl (C=O) groups excluding carboxylic acids is 2. The minimum atomic E-state index is -0.261. The lowest BCUT2D eigenvalue weighted by Gasteiger charge is -2.29. The number of ether oxygens (including phenoxy) is 3. The normalized spacial score (nSPS) is 15.5. The number of aromatic nitrogens is 6. The first-order valence-corrected chi connectivity index (χ1v) is 18.9. The number of hydrogen-bond donors (Lipinski definition) is 2. The van der Waals surface area contributed by atoms with Crippen molar-refractivity contribution in [3.8, 4) is 34.5 Å². The van der Waals surface area contributed by atoms with Gasteiger partial charge in [0, 0.05) is 61.1 Å². The Hall–Kier alpha value is -6.06. The molecule has 0 atom stereocenters. The van der Waals surface area contributed by atoms with Crippen molar-refractivity contribution in [3.63, 3.8) is 0 Å². The van der Waals surface area contributed by atoms with Gasteiger partial charge in [0.05, 0.1) is 37.6 Å². The lowest BCUT2D eigenvalue weighted by molar-refractivity contribution is 0.101. The van der Waals surface area contributed by atoms with Crippen molar-refractivity contribution >= 4 is 45.1 Å². The number of benzene rings is 2. The maximum absolute atomic E-state index is 13.1. The molecule has 6 aromatic rings. The van der Waals surface area contributed by atoms with Gasteiger partial charge in [0.25, 0.3) is 11.8 Å². The molecule has 7 heterocycles. The summed E-state index contributed by atoms with van der Waals surface area (Å²) in [7, 11) is 0. The van der Waals surface area contributed by atoms with E-state index >= 15 is 0 Å². The van der Waals surface area contributed by atoms with E-state index in [1.807, 2.05) is 65.5 Å². The van der Waals surface area contributed by atoms with Crippen LogP contribution in [0.15, 0.2) is 102 Å². The number of anilines is 3. The van der Waals surface area contributed by atoms with E-state index in [0.717, 1.165) is 72.2 Å². The summed E-state index contributed by atoms with van der Waals surface area (Å²) in [5.41, 5.74) is 3.40. The van der Waals surface area contributed by atoms with Crippen LogP contribution in [-0.2, 0) is 17.8 Å². The van der Waals surface area contributed by atoms with Gasteiger partial charge in [0.2, 0.25) is 0 Å². The molecule has 14 nitrogen and oxygen atoms in total. The Morgan fingerprint density at radius 2 is 1.16 bits per heavy atom. The fourth-order valence-electron chi connectivity index (χ4n) is 6.55. The van der Waals surface area contributed by atoms with Crippen LogP contribution < -0.4 is 25.0 Å². The van der Waals surface area contributed by atoms with Crippen molar-refractivity contribution in [3.05, 3.63) is 113 Å². The highest BCUT2D eigenvalue weighted by atomic mass is 79.9. The molecule has 2 amide bonds. The van der Waals surface area contributed by atoms with Gasteiger partial charge in [-0.25, -0.2) is 19.9 Å². The second kappa shape index (κ2) is 16.5. The zero-order valence-corrected chi connectivity index (χ0v) is 31.4. The van der Waals surface area contributed by atoms with Crippen molar-refractivity contribution in [2.75, 3.05) is 55.1 Å². The molecule has 0 spiro atoms. The number of carbonyl (C=O) groups is 2. The second-order valence-electron chi connectivity index (χ2n) is 12.9. The zero-order chi connectivity index (χ0) is 37.6. The average Bonchev–Trinajstić information content (AvgIpc) is 3.89. The number of aryl methyl sites for hydroxylation is 2. The van der Waals surface area contributed by atoms with Gasteiger partial charge in [-0.2, -0.15) is 0 Å². The Morgan fingerprint density at radius 3 is 1.75 bits per heavy atom. The summed E-state index contributed by atoms with van der Waals surface area (Å²) in [5, 5.41) is 5.76. The predicted octanol–water partition coefficient (Wildman–Crippen LogP) is 6.56. The fraction of sp³-hybridized carbons (Fsp3) is 0.250. The van der Waals surface area contributed by atoms with E-state index in [2.05, 4.69) is 56.0 Å². The van der Waals surface area contributed by atoms with E-state index in [1.54, 1.807) is 36.7 Å². The molecule has 4 bridgehead atoms. The van der Waals surface area contributed by atoms with Gasteiger partial charge in [-0.1, -0.05) is 28.1 Å². The Bertz CT molecular complexity index is 2320. The SMILES string of the molecule is O=C1Nc2cccc(n2)-c2nccn2CCCOc2ccc(Br)cc21.O=C1Nc2cccc(n2)-c2nccn2CCCOc2ccc(N3CCOCC3)cc21. The summed E-state index contributed by atoms with van der Waals surface area (Å²) in [4.78, 5) is 46.0. The van der Waals surface area contributed by atoms with Crippen LogP contribution in [0.2, 0.25) is 0 Å². The molecule has 2 N–H and O–H groups in total. The third-order valence-corrected chi connectivity index (χ3v) is 9.74. The second-order valence-corrected chi connectivity index (χ2v) is 13.9. The molecule has 0 radical (unpaired) electrons. The van der Waals surface area contributed by atoms with Crippen molar-refractivity contribution in [1.29, 1.82) is 0 Å². The van der Waals surface area contributed by atoms with E-state index in [4.69, 9.17) is 14.2 Å². The highest BCUT2D eigenvalue weighted by Crippen LogP contribution is 2.29. The van der Waals surface area contributed by atoms with Crippen LogP contribution in [0.5, 0.6) is 11.5 Å². The van der Waals surface area contributed by atoms with Gasteiger partial charge in [-0.05, 0) is 73.5 Å². The van der Waals surface area contributed by atoms with Gasteiger partial charge < -0.3 is 38.9 Å². The van der Waals surface area contributed by atoms with Crippen molar-refractivity contribution in [1.82, 2.24) is 29.1 Å². The number of amides is 2. The molecule has 3 aliphatic heterocycles. The Morgan fingerprint density at radius 1 is 0.618 bits per heavy atom. The van der Waals surface area contributed by atoms with E-state index in [9.17, 15) is 9.59 Å². The molecular weight excluding hydrogens is 766 g/mol. The number of imidazole rings is 2. The van der Waals surface area contributed by atoms with Crippen LogP contribution in [0.4, 0.5) is 17.3 Å². The molecule has 15 heteroatoms. The van der Waals surface area contributed by atoms with Crippen LogP contribution in [0.25, 0.3) is 23.0 Å². The topological polar surface area (TPSA) is 151 Å². The molecule has 4 aromatic heterocycles. The van der Waals surface area contributed by atoms with Gasteiger partial charge in [0.1, 0.15) is 34.5 Å². The number of nitrogens with zero attached hydrogens (tertiary/aromatic N) is 7. The van der Waals surface area contributed by atoms with Crippen LogP contribution in [-0.4, -0.2) is 80.4 Å². The summed E-state index contributed by atoms with van der Waals surface area (Å²) in [6, 6.07) is 22.2. The molecule has 0 unspecified atom stereocenters. The number of pyridine rings is 2. The van der Waals surface area contributed by atoms with Crippen LogP contribution in [0.1, 0.15) is 33.6 Å². The number of fused-ring (bicyclic) bond motifs is 10. The lowest BCUT2D eigenvalue weighted by atomic mass is 10.1. The summed E-state index contributed by atoms with van der Waals surface area (Å²) >= 11 is 3.41. The Balaban J connectivity index is 0.000000158. The molecule has 0 aliphatic carbocycles. The van der Waals surface area contributed by atoms with Gasteiger partial charge in [-0.15, -0.1) is 0 Å². The van der Waals surface area contributed by atoms with Gasteiger partial charge in [0.15, 0.2) is 11.6 Å². The zero-order valence-electron chi connectivity index (χ0n) is 29.9. The molecule has 1 fully saturated rings. The van der Waals surface area contributed by atoms with E-state index < -0.39 is 0 Å². The third kappa shape index (κ3) is 8.37. The highest BCUT2D eigenvalue weighted by Gasteiger charge is 2.20. The maximum atomic E-state index is 13.1. The summed E-state index contributed by atoms with van der Waals surface area (Å²) < 4.78 is 22.2. The molecule has 0 saturated carbocycles. The standard InChI is InChI=1S/C22H23N5O3.C18H15BrN4O2/c28-22-17-15-16(26-10-13-29-14-11-26)5-6-19(17)30-12-2-8-27-9-7-23-21(27)18-3-1-4-20(24-18)25-22;19-12-5-6-15-13(11-12)18(24)22-16-4-1-3-14(21-16)17-20-7-9-23(17)8-2-10-25-15/h1,3-7,9,15H,2,8,10-14H2,(H,24,25,28);1,3-7,9,11H,2,8,10H2,(H,21,22,24). The lowest BCUT2D eigenvalue weighted by Crippen LogP contribution is -2.36. The van der Waals surface area contributed by atoms with Crippen molar-refractivity contribution < 1.29 is 23.8 Å².